The average molecular weight is 311 g/mol. The zero-order chi connectivity index (χ0) is 15.6. The Kier molecular flexibility index (Phi) is 4.19. The lowest BCUT2D eigenvalue weighted by atomic mass is 9.89. The molecule has 2 unspecified atom stereocenters. The smallest absolute Gasteiger partial charge is 0.250 e. The van der Waals surface area contributed by atoms with Gasteiger partial charge in [-0.05, 0) is 31.2 Å². The van der Waals surface area contributed by atoms with Gasteiger partial charge in [0.15, 0.2) is 0 Å². The van der Waals surface area contributed by atoms with Crippen LogP contribution in [0.3, 0.4) is 0 Å². The Bertz CT molecular complexity index is 594. The van der Waals surface area contributed by atoms with E-state index in [0.29, 0.717) is 17.9 Å². The van der Waals surface area contributed by atoms with E-state index in [4.69, 9.17) is 0 Å². The fourth-order valence-electron chi connectivity index (χ4n) is 3.75. The number of carbonyl (C=O) groups is 1. The van der Waals surface area contributed by atoms with Gasteiger partial charge < -0.3 is 4.90 Å². The van der Waals surface area contributed by atoms with E-state index in [2.05, 4.69) is 45.7 Å². The molecule has 0 spiro atoms. The third kappa shape index (κ3) is 3.33. The molecule has 2 fully saturated rings. The van der Waals surface area contributed by atoms with Crippen LogP contribution in [0.25, 0.3) is 0 Å². The summed E-state index contributed by atoms with van der Waals surface area (Å²) in [6.45, 7) is 3.67. The van der Waals surface area contributed by atoms with Gasteiger partial charge in [0, 0.05) is 43.7 Å². The van der Waals surface area contributed by atoms with Gasteiger partial charge in [-0.2, -0.15) is 0 Å². The van der Waals surface area contributed by atoms with Crippen molar-refractivity contribution < 1.29 is 4.79 Å². The van der Waals surface area contributed by atoms with Gasteiger partial charge in [-0.1, -0.05) is 36.4 Å². The Morgan fingerprint density at radius 3 is 2.83 bits per heavy atom. The molecule has 0 aromatic heterocycles. The van der Waals surface area contributed by atoms with E-state index < -0.39 is 0 Å². The predicted octanol–water partition coefficient (Wildman–Crippen LogP) is 1.99. The fraction of sp³-hybridized carbons (Fsp3) is 0.526. The van der Waals surface area contributed by atoms with Crippen LogP contribution in [0, 0.1) is 5.92 Å². The Morgan fingerprint density at radius 1 is 1.22 bits per heavy atom. The van der Waals surface area contributed by atoms with E-state index >= 15 is 0 Å². The minimum Gasteiger partial charge on any atom is -0.336 e. The van der Waals surface area contributed by atoms with Crippen LogP contribution < -0.4 is 5.43 Å². The molecule has 122 valence electrons. The first-order valence-electron chi connectivity index (χ1n) is 8.84. The normalized spacial score (nSPS) is 26.5. The fourth-order valence-corrected chi connectivity index (χ4v) is 3.75. The van der Waals surface area contributed by atoms with Crippen molar-refractivity contribution in [1.82, 2.24) is 15.3 Å². The maximum absolute atomic E-state index is 13.1. The Balaban J connectivity index is 1.45. The molecule has 1 aliphatic carbocycles. The third-order valence-electron chi connectivity index (χ3n) is 5.22. The summed E-state index contributed by atoms with van der Waals surface area (Å²) in [5.41, 5.74) is 5.77. The molecule has 4 nitrogen and oxygen atoms in total. The minimum absolute atomic E-state index is 0.301. The molecule has 1 saturated carbocycles. The summed E-state index contributed by atoms with van der Waals surface area (Å²) in [6, 6.07) is 11.0. The van der Waals surface area contributed by atoms with Crippen molar-refractivity contribution in [3.63, 3.8) is 0 Å². The molecule has 23 heavy (non-hydrogen) atoms. The number of amides is 1. The predicted molar refractivity (Wildman–Crippen MR) is 90.6 cm³/mol. The third-order valence-corrected chi connectivity index (χ3v) is 5.22. The van der Waals surface area contributed by atoms with Gasteiger partial charge in [-0.3, -0.25) is 10.2 Å². The monoisotopic (exact) mass is 311 g/mol. The van der Waals surface area contributed by atoms with Crippen molar-refractivity contribution in [2.75, 3.05) is 26.2 Å². The molecule has 2 bridgehead atoms. The van der Waals surface area contributed by atoms with E-state index in [0.717, 1.165) is 44.6 Å². The second-order valence-corrected chi connectivity index (χ2v) is 6.92. The minimum atomic E-state index is 0.301. The number of nitrogens with one attached hydrogen (secondary N) is 1. The zero-order valence-corrected chi connectivity index (χ0v) is 13.6. The van der Waals surface area contributed by atoms with Gasteiger partial charge in [0.2, 0.25) is 5.91 Å². The first-order valence-corrected chi connectivity index (χ1v) is 8.84. The number of rotatable bonds is 5. The van der Waals surface area contributed by atoms with Crippen molar-refractivity contribution in [1.29, 1.82) is 0 Å². The van der Waals surface area contributed by atoms with Crippen LogP contribution in [-0.4, -0.2) is 48.0 Å². The van der Waals surface area contributed by atoms with Crippen LogP contribution in [0.1, 0.15) is 24.8 Å². The second-order valence-electron chi connectivity index (χ2n) is 6.92. The number of fused-ring (bicyclic) bond motifs is 2. The summed E-state index contributed by atoms with van der Waals surface area (Å²) in [5.74, 6) is 0.713. The number of nitrogens with zero attached hydrogens (tertiary/aromatic N) is 2. The summed E-state index contributed by atoms with van der Waals surface area (Å²) < 4.78 is 0. The van der Waals surface area contributed by atoms with E-state index in [-0.39, 0.29) is 0 Å². The number of benzene rings is 1. The van der Waals surface area contributed by atoms with Crippen molar-refractivity contribution in [3.05, 3.63) is 47.5 Å². The van der Waals surface area contributed by atoms with Gasteiger partial charge in [0.1, 0.15) is 0 Å². The van der Waals surface area contributed by atoms with Crippen molar-refractivity contribution in [2.45, 2.75) is 31.7 Å². The zero-order valence-electron chi connectivity index (χ0n) is 13.6. The van der Waals surface area contributed by atoms with E-state index in [1.807, 2.05) is 6.07 Å². The van der Waals surface area contributed by atoms with Crippen LogP contribution in [0.2, 0.25) is 0 Å². The van der Waals surface area contributed by atoms with E-state index in [9.17, 15) is 4.79 Å². The molecule has 4 rings (SSSR count). The van der Waals surface area contributed by atoms with Crippen LogP contribution in [0.15, 0.2) is 42.0 Å². The number of hydrogen-bond acceptors (Lipinski definition) is 3. The maximum Gasteiger partial charge on any atom is 0.250 e. The highest BCUT2D eigenvalue weighted by Gasteiger charge is 2.37. The largest absolute Gasteiger partial charge is 0.336 e. The molecule has 1 N–H and O–H groups in total. The molecular weight excluding hydrogens is 286 g/mol. The standard InChI is InChI=1S/C19H25N3O/c23-19(18-10-12-21-14-16(18)8-11-20-21)22(17-6-7-17)13-9-15-4-2-1-3-5-15/h1-5,10,16-17,20H,6-9,11-14H2. The molecular formula is C19H25N3O. The molecule has 1 amide bonds. The summed E-state index contributed by atoms with van der Waals surface area (Å²) in [7, 11) is 0. The van der Waals surface area contributed by atoms with Crippen molar-refractivity contribution >= 4 is 5.91 Å². The van der Waals surface area contributed by atoms with Crippen LogP contribution in [-0.2, 0) is 11.2 Å². The first-order chi connectivity index (χ1) is 11.3. The summed E-state index contributed by atoms with van der Waals surface area (Å²) in [5, 5.41) is 2.23. The lowest BCUT2D eigenvalue weighted by molar-refractivity contribution is -0.128. The first kappa shape index (κ1) is 14.9. The van der Waals surface area contributed by atoms with Crippen LogP contribution in [0.4, 0.5) is 0 Å². The highest BCUT2D eigenvalue weighted by molar-refractivity contribution is 5.94. The average Bonchev–Trinajstić information content (AvgIpc) is 3.41. The number of carbonyl (C=O) groups excluding carboxylic acids is 1. The number of hydrogen-bond donors (Lipinski definition) is 1. The second kappa shape index (κ2) is 6.46. The highest BCUT2D eigenvalue weighted by Crippen LogP contribution is 2.32. The van der Waals surface area contributed by atoms with Crippen LogP contribution >= 0.6 is 0 Å². The molecule has 4 heteroatoms. The quantitative estimate of drug-likeness (QED) is 0.903. The summed E-state index contributed by atoms with van der Waals surface area (Å²) >= 11 is 0. The van der Waals surface area contributed by atoms with Gasteiger partial charge in [0.05, 0.1) is 0 Å². The molecule has 1 aromatic rings. The Labute approximate surface area is 138 Å². The molecule has 3 aliphatic rings. The Hall–Kier alpha value is -1.65. The highest BCUT2D eigenvalue weighted by atomic mass is 16.2. The van der Waals surface area contributed by atoms with Gasteiger partial charge in [-0.15, -0.1) is 0 Å². The van der Waals surface area contributed by atoms with E-state index in [1.54, 1.807) is 0 Å². The molecule has 2 atom stereocenters. The van der Waals surface area contributed by atoms with Crippen molar-refractivity contribution in [3.8, 4) is 0 Å². The van der Waals surface area contributed by atoms with Gasteiger partial charge in [0.25, 0.3) is 0 Å². The summed E-state index contributed by atoms with van der Waals surface area (Å²) in [6.07, 6.45) is 6.53. The topological polar surface area (TPSA) is 35.6 Å². The molecule has 2 aliphatic heterocycles. The Morgan fingerprint density at radius 2 is 2.04 bits per heavy atom. The van der Waals surface area contributed by atoms with Crippen LogP contribution in [0.5, 0.6) is 0 Å². The molecule has 1 aromatic carbocycles. The molecule has 1 saturated heterocycles. The number of hydrazine groups is 1. The van der Waals surface area contributed by atoms with E-state index in [1.165, 1.54) is 18.4 Å². The lowest BCUT2D eigenvalue weighted by Crippen LogP contribution is -2.52. The maximum atomic E-state index is 13.1. The van der Waals surface area contributed by atoms with Crippen molar-refractivity contribution in [2.24, 2.45) is 5.92 Å². The molecule has 2 heterocycles. The molecule has 0 radical (unpaired) electrons. The van der Waals surface area contributed by atoms with Gasteiger partial charge >= 0.3 is 0 Å². The lowest BCUT2D eigenvalue weighted by Gasteiger charge is -2.39. The van der Waals surface area contributed by atoms with Gasteiger partial charge in [-0.25, -0.2) is 5.01 Å². The summed E-state index contributed by atoms with van der Waals surface area (Å²) in [4.78, 5) is 15.3. The SMILES string of the molecule is O=C(C1=CCN2CC1CCN2)N(CCc1ccccc1)C1CC1.